The average Bonchev–Trinajstić information content (AvgIpc) is 2.70. The molecule has 0 radical (unpaired) electrons. The number of nitrogens with two attached hydrogens (primary N) is 1. The predicted molar refractivity (Wildman–Crippen MR) is 55.4 cm³/mol. The molecule has 2 rings (SSSR count). The van der Waals surface area contributed by atoms with Crippen LogP contribution in [0.5, 0.6) is 0 Å². The minimum atomic E-state index is -0.883. The van der Waals surface area contributed by atoms with Crippen molar-refractivity contribution >= 4 is 11.5 Å². The van der Waals surface area contributed by atoms with Crippen LogP contribution in [0.3, 0.4) is 0 Å². The van der Waals surface area contributed by atoms with Gasteiger partial charge in [0, 0.05) is 6.61 Å². The van der Waals surface area contributed by atoms with Crippen molar-refractivity contribution in [3.8, 4) is 0 Å². The van der Waals surface area contributed by atoms with E-state index in [4.69, 9.17) is 10.5 Å². The van der Waals surface area contributed by atoms with Crippen LogP contribution in [0.1, 0.15) is 19.1 Å². The number of anilines is 1. The average molecular weight is 226 g/mol. The lowest BCUT2D eigenvalue weighted by Crippen LogP contribution is -2.34. The zero-order valence-electron chi connectivity index (χ0n) is 8.30. The highest BCUT2D eigenvalue weighted by molar-refractivity contribution is 5.55. The number of nitrogens with one attached hydrogen (secondary N) is 1. The highest BCUT2D eigenvalue weighted by Gasteiger charge is 2.23. The minimum Gasteiger partial charge on any atom is -0.383 e. The van der Waals surface area contributed by atoms with E-state index >= 15 is 0 Å². The first-order valence-corrected chi connectivity index (χ1v) is 4.74. The third kappa shape index (κ3) is 1.52. The maximum absolute atomic E-state index is 11.5. The number of hydrogen-bond donors (Lipinski definition) is 2. The van der Waals surface area contributed by atoms with Crippen LogP contribution in [-0.2, 0) is 4.74 Å². The third-order valence-electron chi connectivity index (χ3n) is 2.44. The van der Waals surface area contributed by atoms with Gasteiger partial charge in [-0.3, -0.25) is 14.3 Å². The summed E-state index contributed by atoms with van der Waals surface area (Å²) in [5.41, 5.74) is 3.48. The number of nitrogen functional groups attached to an aromatic ring is 1. The van der Waals surface area contributed by atoms with Crippen molar-refractivity contribution in [2.75, 3.05) is 12.3 Å². The van der Waals surface area contributed by atoms with Crippen molar-refractivity contribution in [3.05, 3.63) is 25.7 Å². The topological polar surface area (TPSA) is 120 Å². The van der Waals surface area contributed by atoms with E-state index in [2.05, 4.69) is 5.18 Å². The maximum Gasteiger partial charge on any atom is 0.332 e. The van der Waals surface area contributed by atoms with E-state index in [-0.39, 0.29) is 5.82 Å². The number of aromatic nitrogens is 2. The molecule has 2 heterocycles. The molecule has 8 nitrogen and oxygen atoms in total. The number of H-pyrrole nitrogens is 1. The first-order chi connectivity index (χ1) is 7.65. The van der Waals surface area contributed by atoms with Crippen LogP contribution >= 0.6 is 0 Å². The number of rotatable bonds is 2. The van der Waals surface area contributed by atoms with Crippen LogP contribution in [0.4, 0.5) is 11.5 Å². The van der Waals surface area contributed by atoms with Gasteiger partial charge in [0.25, 0.3) is 5.56 Å². The molecule has 16 heavy (non-hydrogen) atoms. The molecule has 1 unspecified atom stereocenters. The number of ether oxygens (including phenoxy) is 1. The van der Waals surface area contributed by atoms with Gasteiger partial charge in [0.05, 0.1) is 0 Å². The first kappa shape index (κ1) is 10.6. The molecule has 1 atom stereocenters. The van der Waals surface area contributed by atoms with Crippen LogP contribution in [0.2, 0.25) is 0 Å². The molecule has 1 aromatic rings. The molecule has 1 aliphatic heterocycles. The molecule has 0 aliphatic carbocycles. The summed E-state index contributed by atoms with van der Waals surface area (Å²) < 4.78 is 6.30. The number of aromatic amines is 1. The van der Waals surface area contributed by atoms with Crippen LogP contribution in [-0.4, -0.2) is 16.2 Å². The maximum atomic E-state index is 11.5. The number of hydrogen-bond acceptors (Lipinski definition) is 6. The van der Waals surface area contributed by atoms with Gasteiger partial charge in [0.2, 0.25) is 5.69 Å². The fraction of sp³-hybridized carbons (Fsp3) is 0.500. The van der Waals surface area contributed by atoms with Crippen molar-refractivity contribution in [1.82, 2.24) is 9.55 Å². The first-order valence-electron chi connectivity index (χ1n) is 4.74. The molecule has 86 valence electrons. The Kier molecular flexibility index (Phi) is 2.57. The molecule has 1 aromatic heterocycles. The van der Waals surface area contributed by atoms with E-state index in [1.165, 1.54) is 0 Å². The van der Waals surface area contributed by atoms with Crippen molar-refractivity contribution in [1.29, 1.82) is 0 Å². The molecule has 8 heteroatoms. The van der Waals surface area contributed by atoms with Crippen molar-refractivity contribution < 1.29 is 4.74 Å². The Morgan fingerprint density at radius 1 is 1.50 bits per heavy atom. The van der Waals surface area contributed by atoms with Gasteiger partial charge in [-0.1, -0.05) is 0 Å². The summed E-state index contributed by atoms with van der Waals surface area (Å²) in [5.74, 6) is -0.254. The molecule has 3 N–H and O–H groups in total. The lowest BCUT2D eigenvalue weighted by molar-refractivity contribution is 0.0545. The van der Waals surface area contributed by atoms with Gasteiger partial charge in [-0.05, 0) is 18.0 Å². The summed E-state index contributed by atoms with van der Waals surface area (Å²) in [7, 11) is 0. The molecule has 1 fully saturated rings. The smallest absolute Gasteiger partial charge is 0.332 e. The minimum absolute atomic E-state index is 0.254. The molecule has 0 spiro atoms. The second kappa shape index (κ2) is 3.89. The van der Waals surface area contributed by atoms with Gasteiger partial charge in [0.1, 0.15) is 12.0 Å². The Labute approximate surface area is 89.0 Å². The van der Waals surface area contributed by atoms with Gasteiger partial charge in [-0.15, -0.1) is 4.91 Å². The number of nitrogens with zero attached hydrogens (tertiary/aromatic N) is 2. The Bertz CT molecular complexity index is 526. The standard InChI is InChI=1S/C8H10N4O4/c9-6-5(11-15)7(13)10-8(14)12(6)4-2-1-3-16-4/h4H,1-3,9H2,(H,10,13,14). The summed E-state index contributed by atoms with van der Waals surface area (Å²) in [5, 5.41) is 2.51. The fourth-order valence-electron chi connectivity index (χ4n) is 1.69. The largest absolute Gasteiger partial charge is 0.383 e. The second-order valence-electron chi connectivity index (χ2n) is 3.42. The van der Waals surface area contributed by atoms with Crippen molar-refractivity contribution in [3.63, 3.8) is 0 Å². The van der Waals surface area contributed by atoms with Crippen LogP contribution in [0.15, 0.2) is 14.8 Å². The Balaban J connectivity index is 2.64. The van der Waals surface area contributed by atoms with E-state index in [0.29, 0.717) is 13.0 Å². The van der Waals surface area contributed by atoms with Crippen molar-refractivity contribution in [2.24, 2.45) is 5.18 Å². The van der Waals surface area contributed by atoms with E-state index in [9.17, 15) is 14.5 Å². The predicted octanol–water partition coefficient (Wildman–Crippen LogP) is -0.174. The zero-order chi connectivity index (χ0) is 11.7. The molecule has 0 aromatic carbocycles. The molecule has 1 aliphatic rings. The number of nitroso groups, excluding NO2 is 1. The zero-order valence-corrected chi connectivity index (χ0v) is 8.30. The van der Waals surface area contributed by atoms with Crippen LogP contribution in [0.25, 0.3) is 0 Å². The fourth-order valence-corrected chi connectivity index (χ4v) is 1.69. The molecule has 1 saturated heterocycles. The molecule has 0 amide bonds. The normalized spacial score (nSPS) is 19.9. The van der Waals surface area contributed by atoms with Crippen molar-refractivity contribution in [2.45, 2.75) is 19.1 Å². The van der Waals surface area contributed by atoms with Crippen LogP contribution in [0, 0.1) is 4.91 Å². The molecular weight excluding hydrogens is 216 g/mol. The summed E-state index contributed by atoms with van der Waals surface area (Å²) in [6.07, 6.45) is 0.860. The summed E-state index contributed by atoms with van der Waals surface area (Å²) >= 11 is 0. The summed E-state index contributed by atoms with van der Waals surface area (Å²) in [6, 6.07) is 0. The van der Waals surface area contributed by atoms with Gasteiger partial charge in [-0.25, -0.2) is 4.79 Å². The Hall–Kier alpha value is -1.96. The van der Waals surface area contributed by atoms with Gasteiger partial charge in [-0.2, -0.15) is 0 Å². The second-order valence-corrected chi connectivity index (χ2v) is 3.42. The molecular formula is C8H10N4O4. The van der Waals surface area contributed by atoms with Gasteiger partial charge in [0.15, 0.2) is 0 Å². The summed E-state index contributed by atoms with van der Waals surface area (Å²) in [4.78, 5) is 35.1. The lowest BCUT2D eigenvalue weighted by atomic mass is 10.3. The Morgan fingerprint density at radius 3 is 2.81 bits per heavy atom. The van der Waals surface area contributed by atoms with E-state index in [1.54, 1.807) is 0 Å². The Morgan fingerprint density at radius 2 is 2.25 bits per heavy atom. The highest BCUT2D eigenvalue weighted by atomic mass is 16.5. The van der Waals surface area contributed by atoms with E-state index in [1.807, 2.05) is 4.98 Å². The lowest BCUT2D eigenvalue weighted by Gasteiger charge is -2.15. The molecule has 0 bridgehead atoms. The highest BCUT2D eigenvalue weighted by Crippen LogP contribution is 2.25. The molecule has 0 saturated carbocycles. The van der Waals surface area contributed by atoms with Crippen LogP contribution < -0.4 is 17.0 Å². The summed E-state index contributed by atoms with van der Waals surface area (Å²) in [6.45, 7) is 0.513. The monoisotopic (exact) mass is 226 g/mol. The quantitative estimate of drug-likeness (QED) is 0.678. The SMILES string of the molecule is Nc1c(N=O)c(=O)[nH]c(=O)n1C1CCCO1. The van der Waals surface area contributed by atoms with Gasteiger partial charge < -0.3 is 10.5 Å². The van der Waals surface area contributed by atoms with Gasteiger partial charge >= 0.3 is 5.69 Å². The van der Waals surface area contributed by atoms with E-state index in [0.717, 1.165) is 11.0 Å². The third-order valence-corrected chi connectivity index (χ3v) is 2.44. The van der Waals surface area contributed by atoms with E-state index < -0.39 is 23.2 Å².